The average molecular weight is 330 g/mol. The van der Waals surface area contributed by atoms with Crippen molar-refractivity contribution in [3.63, 3.8) is 0 Å². The lowest BCUT2D eigenvalue weighted by molar-refractivity contribution is -0.146. The van der Waals surface area contributed by atoms with E-state index in [1.807, 2.05) is 27.7 Å². The molecular formula is C15H26N2O4S. The lowest BCUT2D eigenvalue weighted by atomic mass is 9.94. The standard InChI is InChI=1S/C15H26N2O4S/c1-5-6-7-10(13(19)20)16-12(18)11-8-22-9-17(11)14(21)15(2,3)4/h10-11H,5-9H2,1-4H3,(H,16,18)(H,19,20). The van der Waals surface area contributed by atoms with Crippen LogP contribution in [0, 0.1) is 5.41 Å². The number of hydrogen-bond acceptors (Lipinski definition) is 4. The first-order chi connectivity index (χ1) is 10.2. The predicted molar refractivity (Wildman–Crippen MR) is 86.5 cm³/mol. The fourth-order valence-corrected chi connectivity index (χ4v) is 3.38. The van der Waals surface area contributed by atoms with E-state index in [9.17, 15) is 19.5 Å². The van der Waals surface area contributed by atoms with Crippen LogP contribution < -0.4 is 5.32 Å². The number of carboxylic acids is 1. The molecule has 0 aromatic carbocycles. The summed E-state index contributed by atoms with van der Waals surface area (Å²) in [6, 6.07) is -1.47. The number of hydrogen-bond donors (Lipinski definition) is 2. The molecule has 1 saturated heterocycles. The van der Waals surface area contributed by atoms with Crippen LogP contribution in [0.1, 0.15) is 47.0 Å². The first-order valence-corrected chi connectivity index (χ1v) is 8.76. The molecule has 0 spiro atoms. The SMILES string of the molecule is CCCCC(NC(=O)C1CSCN1C(=O)C(C)(C)C)C(=O)O. The van der Waals surface area contributed by atoms with Gasteiger partial charge in [0.05, 0.1) is 5.88 Å². The third kappa shape index (κ3) is 4.90. The molecule has 0 bridgehead atoms. The third-order valence-corrected chi connectivity index (χ3v) is 4.56. The maximum absolute atomic E-state index is 12.4. The second-order valence-electron chi connectivity index (χ2n) is 6.58. The summed E-state index contributed by atoms with van der Waals surface area (Å²) in [4.78, 5) is 37.6. The first-order valence-electron chi connectivity index (χ1n) is 7.60. The van der Waals surface area contributed by atoms with E-state index in [0.29, 0.717) is 18.1 Å². The Morgan fingerprint density at radius 3 is 2.50 bits per heavy atom. The van der Waals surface area contributed by atoms with E-state index in [-0.39, 0.29) is 11.8 Å². The number of thioether (sulfide) groups is 1. The summed E-state index contributed by atoms with van der Waals surface area (Å²) in [7, 11) is 0. The third-order valence-electron chi connectivity index (χ3n) is 3.55. The first kappa shape index (κ1) is 18.8. The van der Waals surface area contributed by atoms with E-state index in [1.165, 1.54) is 11.8 Å². The molecule has 0 saturated carbocycles. The van der Waals surface area contributed by atoms with Crippen LogP contribution in [0.15, 0.2) is 0 Å². The van der Waals surface area contributed by atoms with Crippen molar-refractivity contribution >= 4 is 29.5 Å². The Morgan fingerprint density at radius 2 is 2.00 bits per heavy atom. The van der Waals surface area contributed by atoms with Gasteiger partial charge in [0, 0.05) is 11.2 Å². The maximum Gasteiger partial charge on any atom is 0.326 e. The molecule has 0 aliphatic carbocycles. The van der Waals surface area contributed by atoms with E-state index in [2.05, 4.69) is 5.32 Å². The smallest absolute Gasteiger partial charge is 0.326 e. The van der Waals surface area contributed by atoms with Gasteiger partial charge in [0.2, 0.25) is 11.8 Å². The lowest BCUT2D eigenvalue weighted by Crippen LogP contribution is -2.53. The molecule has 1 aliphatic heterocycles. The molecule has 0 aromatic rings. The molecule has 22 heavy (non-hydrogen) atoms. The van der Waals surface area contributed by atoms with E-state index < -0.39 is 23.5 Å². The van der Waals surface area contributed by atoms with Crippen molar-refractivity contribution in [2.75, 3.05) is 11.6 Å². The topological polar surface area (TPSA) is 86.7 Å². The molecule has 1 aliphatic rings. The highest BCUT2D eigenvalue weighted by atomic mass is 32.2. The van der Waals surface area contributed by atoms with Gasteiger partial charge in [0.1, 0.15) is 12.1 Å². The molecule has 7 heteroatoms. The van der Waals surface area contributed by atoms with E-state index >= 15 is 0 Å². The van der Waals surface area contributed by atoms with Crippen molar-refractivity contribution in [3.05, 3.63) is 0 Å². The Morgan fingerprint density at radius 1 is 1.36 bits per heavy atom. The largest absolute Gasteiger partial charge is 0.480 e. The van der Waals surface area contributed by atoms with Crippen LogP contribution in [0.25, 0.3) is 0 Å². The Labute approximate surface area is 136 Å². The van der Waals surface area contributed by atoms with Gasteiger partial charge in [-0.15, -0.1) is 11.8 Å². The number of carbonyl (C=O) groups excluding carboxylic acids is 2. The number of nitrogens with zero attached hydrogens (tertiary/aromatic N) is 1. The summed E-state index contributed by atoms with van der Waals surface area (Å²) >= 11 is 1.51. The molecule has 1 rings (SSSR count). The summed E-state index contributed by atoms with van der Waals surface area (Å²) in [6.45, 7) is 7.41. The Hall–Kier alpha value is -1.24. The van der Waals surface area contributed by atoms with E-state index in [4.69, 9.17) is 0 Å². The zero-order chi connectivity index (χ0) is 16.9. The number of carboxylic acid groups (broad SMARTS) is 1. The van der Waals surface area contributed by atoms with E-state index in [1.54, 1.807) is 4.90 Å². The quantitative estimate of drug-likeness (QED) is 0.774. The highest BCUT2D eigenvalue weighted by Crippen LogP contribution is 2.27. The zero-order valence-corrected chi connectivity index (χ0v) is 14.5. The average Bonchev–Trinajstić information content (AvgIpc) is 2.90. The highest BCUT2D eigenvalue weighted by molar-refractivity contribution is 7.99. The van der Waals surface area contributed by atoms with Crippen molar-refractivity contribution in [3.8, 4) is 0 Å². The van der Waals surface area contributed by atoms with Crippen molar-refractivity contribution in [1.82, 2.24) is 10.2 Å². The van der Waals surface area contributed by atoms with Crippen LogP contribution in [-0.4, -0.2) is 51.5 Å². The van der Waals surface area contributed by atoms with Crippen LogP contribution in [0.4, 0.5) is 0 Å². The summed E-state index contributed by atoms with van der Waals surface area (Å²) in [6.07, 6.45) is 2.01. The van der Waals surface area contributed by atoms with Gasteiger partial charge in [-0.25, -0.2) is 4.79 Å². The fraction of sp³-hybridized carbons (Fsp3) is 0.800. The minimum absolute atomic E-state index is 0.0851. The highest BCUT2D eigenvalue weighted by Gasteiger charge is 2.39. The van der Waals surface area contributed by atoms with Gasteiger partial charge in [-0.05, 0) is 6.42 Å². The Balaban J connectivity index is 2.74. The second kappa shape index (κ2) is 7.85. The summed E-state index contributed by atoms with van der Waals surface area (Å²) in [5.74, 6) is -0.500. The molecule has 2 unspecified atom stereocenters. The van der Waals surface area contributed by atoms with Gasteiger partial charge >= 0.3 is 5.97 Å². The molecule has 1 fully saturated rings. The number of rotatable bonds is 6. The lowest BCUT2D eigenvalue weighted by Gasteiger charge is -2.30. The van der Waals surface area contributed by atoms with Gasteiger partial charge in [-0.1, -0.05) is 40.5 Å². The molecule has 1 heterocycles. The minimum atomic E-state index is -1.03. The molecule has 0 aromatic heterocycles. The summed E-state index contributed by atoms with van der Waals surface area (Å²) in [5, 5.41) is 11.8. The molecule has 126 valence electrons. The number of nitrogens with one attached hydrogen (secondary N) is 1. The normalized spacial score (nSPS) is 19.8. The Kier molecular flexibility index (Phi) is 6.71. The fourth-order valence-electron chi connectivity index (χ4n) is 2.22. The van der Waals surface area contributed by atoms with Gasteiger partial charge in [0.25, 0.3) is 0 Å². The van der Waals surface area contributed by atoms with Crippen molar-refractivity contribution < 1.29 is 19.5 Å². The van der Waals surface area contributed by atoms with E-state index in [0.717, 1.165) is 12.8 Å². The van der Waals surface area contributed by atoms with Gasteiger partial charge in [-0.3, -0.25) is 9.59 Å². The predicted octanol–water partition coefficient (Wildman–Crippen LogP) is 1.69. The second-order valence-corrected chi connectivity index (χ2v) is 7.58. The van der Waals surface area contributed by atoms with Crippen LogP contribution in [0.5, 0.6) is 0 Å². The van der Waals surface area contributed by atoms with Crippen LogP contribution in [0.2, 0.25) is 0 Å². The molecule has 2 atom stereocenters. The molecule has 2 N–H and O–H groups in total. The minimum Gasteiger partial charge on any atom is -0.480 e. The van der Waals surface area contributed by atoms with Crippen LogP contribution >= 0.6 is 11.8 Å². The summed E-state index contributed by atoms with van der Waals surface area (Å²) < 4.78 is 0. The van der Waals surface area contributed by atoms with Crippen LogP contribution in [0.3, 0.4) is 0 Å². The summed E-state index contributed by atoms with van der Waals surface area (Å²) in [5.41, 5.74) is -0.558. The van der Waals surface area contributed by atoms with Gasteiger partial charge in [-0.2, -0.15) is 0 Å². The number of carbonyl (C=O) groups is 3. The number of aliphatic carboxylic acids is 1. The zero-order valence-electron chi connectivity index (χ0n) is 13.7. The van der Waals surface area contributed by atoms with Crippen molar-refractivity contribution in [2.24, 2.45) is 5.41 Å². The Bertz CT molecular complexity index is 434. The van der Waals surface area contributed by atoms with Crippen LogP contribution in [-0.2, 0) is 14.4 Å². The molecule has 0 radical (unpaired) electrons. The van der Waals surface area contributed by atoms with Gasteiger partial charge < -0.3 is 15.3 Å². The number of amides is 2. The molecular weight excluding hydrogens is 304 g/mol. The molecule has 6 nitrogen and oxygen atoms in total. The van der Waals surface area contributed by atoms with Crippen molar-refractivity contribution in [1.29, 1.82) is 0 Å². The van der Waals surface area contributed by atoms with Crippen molar-refractivity contribution in [2.45, 2.75) is 59.0 Å². The van der Waals surface area contributed by atoms with Gasteiger partial charge in [0.15, 0.2) is 0 Å². The molecule has 2 amide bonds. The number of unbranched alkanes of at least 4 members (excludes halogenated alkanes) is 1. The maximum atomic E-state index is 12.4. The monoisotopic (exact) mass is 330 g/mol.